The zero-order chi connectivity index (χ0) is 24.9. The van der Waals surface area contributed by atoms with Crippen molar-refractivity contribution in [2.24, 2.45) is 11.8 Å². The number of carboxylic acid groups (broad SMARTS) is 1. The lowest BCUT2D eigenvalue weighted by molar-refractivity contribution is -0.185. The fraction of sp³-hybridized carbons (Fsp3) is 0.593. The van der Waals surface area contributed by atoms with Crippen molar-refractivity contribution in [3.05, 3.63) is 40.9 Å². The summed E-state index contributed by atoms with van der Waals surface area (Å²) >= 11 is 6.67. The number of carbonyl (C=O) groups is 1. The third-order valence-corrected chi connectivity index (χ3v) is 8.83. The van der Waals surface area contributed by atoms with E-state index in [2.05, 4.69) is 24.0 Å². The number of alkyl halides is 3. The van der Waals surface area contributed by atoms with Gasteiger partial charge in [0.05, 0.1) is 23.0 Å². The Morgan fingerprint density at radius 2 is 1.71 bits per heavy atom. The Morgan fingerprint density at radius 3 is 2.31 bits per heavy atom. The Bertz CT molecular complexity index is 1090. The third-order valence-electron chi connectivity index (χ3n) is 8.44. The van der Waals surface area contributed by atoms with E-state index >= 15 is 0 Å². The van der Waals surface area contributed by atoms with Crippen molar-refractivity contribution in [2.45, 2.75) is 88.7 Å². The Labute approximate surface area is 208 Å². The second-order valence-electron chi connectivity index (χ2n) is 10.5. The first-order valence-electron chi connectivity index (χ1n) is 12.6. The van der Waals surface area contributed by atoms with Crippen LogP contribution in [0.15, 0.2) is 30.3 Å². The average Bonchev–Trinajstić information content (AvgIpc) is 3.08. The van der Waals surface area contributed by atoms with Crippen LogP contribution in [-0.2, 0) is 4.79 Å². The number of carboxylic acids is 1. The largest absolute Gasteiger partial charge is 0.489 e. The van der Waals surface area contributed by atoms with E-state index in [1.165, 1.54) is 5.56 Å². The Balaban J connectivity index is 1.29. The van der Waals surface area contributed by atoms with Crippen molar-refractivity contribution >= 4 is 28.3 Å². The molecule has 2 aliphatic heterocycles. The maximum Gasteiger partial charge on any atom is 0.391 e. The summed E-state index contributed by atoms with van der Waals surface area (Å²) in [7, 11) is 0. The molecule has 1 N–H and O–H groups in total. The second kappa shape index (κ2) is 9.47. The molecule has 1 aliphatic carbocycles. The molecule has 5 rings (SSSR count). The Kier molecular flexibility index (Phi) is 6.68. The van der Waals surface area contributed by atoms with Crippen LogP contribution in [0, 0.1) is 11.8 Å². The molecule has 2 bridgehead atoms. The quantitative estimate of drug-likeness (QED) is 0.456. The molecule has 190 valence electrons. The summed E-state index contributed by atoms with van der Waals surface area (Å²) in [5.74, 6) is -1.64. The van der Waals surface area contributed by atoms with Crippen LogP contribution < -0.4 is 4.74 Å². The highest BCUT2D eigenvalue weighted by molar-refractivity contribution is 6.37. The molecular weight excluding hydrogens is 479 g/mol. The maximum absolute atomic E-state index is 12.9. The number of hydrogen-bond acceptors (Lipinski definition) is 3. The summed E-state index contributed by atoms with van der Waals surface area (Å²) in [6.45, 7) is 2.18. The van der Waals surface area contributed by atoms with Gasteiger partial charge in [0.15, 0.2) is 0 Å². The molecule has 0 spiro atoms. The zero-order valence-electron chi connectivity index (χ0n) is 19.7. The average molecular weight is 510 g/mol. The standard InChI is InChI=1S/C27H31ClF3NO3/c1-15(32-20-6-7-21(32)14-18(13-20)26(33)34)16-2-10-23-17(12-16)3-11-24(25(23)28)35-22-8-4-19(5-9-22)27(29,30)31/h2-3,10-12,15,18-22H,4-9,13-14H2,1H3,(H,33,34)/t15-,18?,19-,20?,21?,22+/m1/s1. The van der Waals surface area contributed by atoms with Gasteiger partial charge >= 0.3 is 12.1 Å². The Hall–Kier alpha value is -1.99. The van der Waals surface area contributed by atoms with Crippen molar-refractivity contribution in [3.63, 3.8) is 0 Å². The minimum absolute atomic E-state index is 0.0896. The van der Waals surface area contributed by atoms with Gasteiger partial charge in [0.1, 0.15) is 5.75 Å². The highest BCUT2D eigenvalue weighted by atomic mass is 35.5. The van der Waals surface area contributed by atoms with Crippen LogP contribution in [0.2, 0.25) is 5.02 Å². The van der Waals surface area contributed by atoms with E-state index in [1.807, 2.05) is 18.2 Å². The molecule has 3 aliphatic rings. The molecular formula is C27H31ClF3NO3. The van der Waals surface area contributed by atoms with Crippen molar-refractivity contribution in [3.8, 4) is 5.75 Å². The van der Waals surface area contributed by atoms with Crippen LogP contribution in [-0.4, -0.2) is 40.3 Å². The number of aliphatic carboxylic acids is 1. The van der Waals surface area contributed by atoms with Gasteiger partial charge in [0.25, 0.3) is 0 Å². The fourth-order valence-electron chi connectivity index (χ4n) is 6.55. The highest BCUT2D eigenvalue weighted by Gasteiger charge is 2.45. The second-order valence-corrected chi connectivity index (χ2v) is 10.9. The molecule has 3 fully saturated rings. The van der Waals surface area contributed by atoms with E-state index in [1.54, 1.807) is 0 Å². The highest BCUT2D eigenvalue weighted by Crippen LogP contribution is 2.45. The fourth-order valence-corrected chi connectivity index (χ4v) is 6.83. The molecule has 2 unspecified atom stereocenters. The van der Waals surface area contributed by atoms with Crippen LogP contribution in [0.4, 0.5) is 13.2 Å². The summed E-state index contributed by atoms with van der Waals surface area (Å²) in [5, 5.41) is 11.8. The predicted molar refractivity (Wildman–Crippen MR) is 129 cm³/mol. The van der Waals surface area contributed by atoms with Gasteiger partial charge in [-0.1, -0.05) is 29.8 Å². The number of halogens is 4. The van der Waals surface area contributed by atoms with Gasteiger partial charge < -0.3 is 9.84 Å². The van der Waals surface area contributed by atoms with Gasteiger partial charge in [-0.3, -0.25) is 9.69 Å². The molecule has 1 saturated carbocycles. The summed E-state index contributed by atoms with van der Waals surface area (Å²) < 4.78 is 44.9. The zero-order valence-corrected chi connectivity index (χ0v) is 20.5. The summed E-state index contributed by atoms with van der Waals surface area (Å²) in [5.41, 5.74) is 1.17. The number of benzene rings is 2. The van der Waals surface area contributed by atoms with Crippen molar-refractivity contribution < 1.29 is 27.8 Å². The molecule has 0 aromatic heterocycles. The monoisotopic (exact) mass is 509 g/mol. The molecule has 4 nitrogen and oxygen atoms in total. The van der Waals surface area contributed by atoms with Gasteiger partial charge in [-0.15, -0.1) is 0 Å². The molecule has 3 atom stereocenters. The molecule has 0 amide bonds. The lowest BCUT2D eigenvalue weighted by Crippen LogP contribution is -2.45. The molecule has 2 aromatic carbocycles. The SMILES string of the molecule is C[C@H](c1ccc2c(Cl)c(O[C@H]3CC[C@@H](C(F)(F)F)CC3)ccc2c1)N1C2CCC1CC(C(=O)O)C2. The van der Waals surface area contributed by atoms with Gasteiger partial charge in [0.2, 0.25) is 0 Å². The van der Waals surface area contributed by atoms with E-state index in [9.17, 15) is 23.1 Å². The summed E-state index contributed by atoms with van der Waals surface area (Å²) in [4.78, 5) is 14.0. The van der Waals surface area contributed by atoms with Gasteiger partial charge in [0, 0.05) is 23.5 Å². The van der Waals surface area contributed by atoms with Crippen molar-refractivity contribution in [2.75, 3.05) is 0 Å². The molecule has 2 aromatic rings. The van der Waals surface area contributed by atoms with Gasteiger partial charge in [-0.25, -0.2) is 0 Å². The number of piperidine rings is 1. The van der Waals surface area contributed by atoms with E-state index < -0.39 is 18.1 Å². The third kappa shape index (κ3) is 4.86. The first-order valence-corrected chi connectivity index (χ1v) is 13.0. The first kappa shape index (κ1) is 24.7. The first-order chi connectivity index (χ1) is 16.6. The lowest BCUT2D eigenvalue weighted by atomic mass is 9.87. The van der Waals surface area contributed by atoms with E-state index in [0.717, 1.165) is 23.6 Å². The molecule has 2 heterocycles. The normalized spacial score (nSPS) is 30.4. The minimum atomic E-state index is -4.13. The van der Waals surface area contributed by atoms with Crippen LogP contribution in [0.5, 0.6) is 5.75 Å². The smallest absolute Gasteiger partial charge is 0.391 e. The maximum atomic E-state index is 12.9. The van der Waals surface area contributed by atoms with E-state index in [4.69, 9.17) is 16.3 Å². The Morgan fingerprint density at radius 1 is 1.06 bits per heavy atom. The van der Waals surface area contributed by atoms with Crippen LogP contribution in [0.25, 0.3) is 10.8 Å². The predicted octanol–water partition coefficient (Wildman–Crippen LogP) is 7.38. The topological polar surface area (TPSA) is 49.8 Å². The summed E-state index contributed by atoms with van der Waals surface area (Å²) in [6, 6.07) is 10.7. The van der Waals surface area contributed by atoms with Crippen LogP contribution in [0.1, 0.15) is 69.9 Å². The summed E-state index contributed by atoms with van der Waals surface area (Å²) in [6.07, 6.45) is 0.0407. The molecule has 35 heavy (non-hydrogen) atoms. The number of hydrogen-bond donors (Lipinski definition) is 1. The molecule has 8 heteroatoms. The molecule has 0 radical (unpaired) electrons. The lowest BCUT2D eigenvalue weighted by Gasteiger charge is -2.41. The number of fused-ring (bicyclic) bond motifs is 3. The molecule has 2 saturated heterocycles. The number of ether oxygens (including phenoxy) is 1. The van der Waals surface area contributed by atoms with Gasteiger partial charge in [-0.2, -0.15) is 13.2 Å². The van der Waals surface area contributed by atoms with E-state index in [0.29, 0.717) is 48.5 Å². The number of rotatable bonds is 5. The van der Waals surface area contributed by atoms with Crippen molar-refractivity contribution in [1.29, 1.82) is 0 Å². The number of nitrogens with zero attached hydrogens (tertiary/aromatic N) is 1. The van der Waals surface area contributed by atoms with E-state index in [-0.39, 0.29) is 30.9 Å². The minimum Gasteiger partial charge on any atom is -0.489 e. The van der Waals surface area contributed by atoms with Gasteiger partial charge in [-0.05, 0) is 81.4 Å². The van der Waals surface area contributed by atoms with Crippen molar-refractivity contribution in [1.82, 2.24) is 4.90 Å². The van der Waals surface area contributed by atoms with Crippen LogP contribution in [0.3, 0.4) is 0 Å². The van der Waals surface area contributed by atoms with Crippen LogP contribution >= 0.6 is 11.6 Å².